The maximum absolute atomic E-state index is 5.83. The third-order valence-electron chi connectivity index (χ3n) is 2.40. The Kier molecular flexibility index (Phi) is 5.34. The Labute approximate surface area is 118 Å². The molecule has 0 aromatic heterocycles. The summed E-state index contributed by atoms with van der Waals surface area (Å²) in [4.78, 5) is 4.29. The number of hydrogen-bond donors (Lipinski definition) is 2. The Bertz CT molecular complexity index is 364. The number of benzene rings is 1. The predicted octanol–water partition coefficient (Wildman–Crippen LogP) is 2.57. The smallest absolute Gasteiger partial charge is 0.191 e. The van der Waals surface area contributed by atoms with Crippen LogP contribution in [0.4, 0.5) is 0 Å². The lowest BCUT2D eigenvalue weighted by Crippen LogP contribution is -2.35. The van der Waals surface area contributed by atoms with Crippen molar-refractivity contribution in [1.29, 1.82) is 0 Å². The van der Waals surface area contributed by atoms with Crippen LogP contribution < -0.4 is 10.6 Å². The fourth-order valence-electron chi connectivity index (χ4n) is 1.53. The minimum Gasteiger partial charge on any atom is -0.355 e. The van der Waals surface area contributed by atoms with E-state index in [0.29, 0.717) is 0 Å². The third-order valence-corrected chi connectivity index (χ3v) is 2.65. The van der Waals surface area contributed by atoms with Gasteiger partial charge in [-0.2, -0.15) is 0 Å². The molecular formula is C11H15ClIN3. The first-order valence-corrected chi connectivity index (χ1v) is 5.44. The number of aliphatic imine (C=N–C) groups is 1. The maximum atomic E-state index is 5.83. The molecule has 1 heterocycles. The van der Waals surface area contributed by atoms with Crippen LogP contribution in [-0.4, -0.2) is 19.0 Å². The molecule has 2 rings (SSSR count). The van der Waals surface area contributed by atoms with E-state index in [1.54, 1.807) is 0 Å². The van der Waals surface area contributed by atoms with Gasteiger partial charge < -0.3 is 10.6 Å². The van der Waals surface area contributed by atoms with Crippen molar-refractivity contribution in [3.8, 4) is 0 Å². The van der Waals surface area contributed by atoms with Crippen LogP contribution in [0.2, 0.25) is 5.02 Å². The second kappa shape index (κ2) is 6.30. The van der Waals surface area contributed by atoms with Crippen molar-refractivity contribution in [2.45, 2.75) is 13.0 Å². The topological polar surface area (TPSA) is 36.4 Å². The molecule has 3 nitrogen and oxygen atoms in total. The van der Waals surface area contributed by atoms with E-state index in [4.69, 9.17) is 11.6 Å². The largest absolute Gasteiger partial charge is 0.355 e. The van der Waals surface area contributed by atoms with Crippen LogP contribution in [0.3, 0.4) is 0 Å². The van der Waals surface area contributed by atoms with Crippen LogP contribution in [0.15, 0.2) is 29.3 Å². The number of halogens is 2. The monoisotopic (exact) mass is 351 g/mol. The number of rotatable bonds is 2. The molecule has 0 spiro atoms. The van der Waals surface area contributed by atoms with Gasteiger partial charge in [-0.3, -0.25) is 4.99 Å². The summed E-state index contributed by atoms with van der Waals surface area (Å²) in [6, 6.07) is 8.09. The van der Waals surface area contributed by atoms with Crippen molar-refractivity contribution in [3.63, 3.8) is 0 Å². The highest BCUT2D eigenvalue weighted by Gasteiger charge is 2.09. The lowest BCUT2D eigenvalue weighted by molar-refractivity contribution is 0.702. The predicted molar refractivity (Wildman–Crippen MR) is 78.7 cm³/mol. The van der Waals surface area contributed by atoms with Gasteiger partial charge in [0.25, 0.3) is 0 Å². The number of nitrogens with one attached hydrogen (secondary N) is 2. The molecule has 88 valence electrons. The fourth-order valence-corrected chi connectivity index (χ4v) is 1.66. The highest BCUT2D eigenvalue weighted by Crippen LogP contribution is 2.15. The quantitative estimate of drug-likeness (QED) is 0.804. The summed E-state index contributed by atoms with van der Waals surface area (Å²) in [5, 5.41) is 7.26. The van der Waals surface area contributed by atoms with Crippen molar-refractivity contribution >= 4 is 41.5 Å². The van der Waals surface area contributed by atoms with Gasteiger partial charge in [-0.05, 0) is 24.6 Å². The average Bonchev–Trinajstić information content (AvgIpc) is 2.71. The molecule has 1 atom stereocenters. The van der Waals surface area contributed by atoms with Gasteiger partial charge in [-0.15, -0.1) is 24.0 Å². The van der Waals surface area contributed by atoms with Gasteiger partial charge in [0.1, 0.15) is 0 Å². The summed E-state index contributed by atoms with van der Waals surface area (Å²) in [6.07, 6.45) is 0. The third kappa shape index (κ3) is 3.52. The first-order chi connectivity index (χ1) is 7.25. The Morgan fingerprint density at radius 3 is 2.62 bits per heavy atom. The Balaban J connectivity index is 0.00000128. The van der Waals surface area contributed by atoms with Crippen LogP contribution in [0.5, 0.6) is 0 Å². The molecule has 0 unspecified atom stereocenters. The standard InChI is InChI=1S/C11H14ClN3.HI/c1-8(15-11-13-6-7-14-11)9-2-4-10(12)5-3-9;/h2-5,8H,6-7H2,1H3,(H2,13,14,15);1H/t8-;/m1./s1. The summed E-state index contributed by atoms with van der Waals surface area (Å²) in [5.41, 5.74) is 1.20. The summed E-state index contributed by atoms with van der Waals surface area (Å²) in [5.74, 6) is 0.887. The molecule has 0 radical (unpaired) electrons. The van der Waals surface area contributed by atoms with Gasteiger partial charge in [-0.25, -0.2) is 0 Å². The van der Waals surface area contributed by atoms with Crippen molar-refractivity contribution in [2.24, 2.45) is 4.99 Å². The molecule has 0 saturated carbocycles. The molecule has 0 aliphatic carbocycles. The lowest BCUT2D eigenvalue weighted by atomic mass is 10.1. The van der Waals surface area contributed by atoms with Crippen LogP contribution in [0.25, 0.3) is 0 Å². The van der Waals surface area contributed by atoms with E-state index in [2.05, 4.69) is 22.5 Å². The zero-order chi connectivity index (χ0) is 10.7. The van der Waals surface area contributed by atoms with E-state index >= 15 is 0 Å². The van der Waals surface area contributed by atoms with Crippen molar-refractivity contribution < 1.29 is 0 Å². The first-order valence-electron chi connectivity index (χ1n) is 5.06. The molecule has 1 aliphatic heterocycles. The molecule has 0 bridgehead atoms. The molecular weight excluding hydrogens is 336 g/mol. The number of guanidine groups is 1. The van der Waals surface area contributed by atoms with Crippen LogP contribution >= 0.6 is 35.6 Å². The minimum absolute atomic E-state index is 0. The first kappa shape index (κ1) is 13.6. The van der Waals surface area contributed by atoms with Gasteiger partial charge in [0.15, 0.2) is 5.96 Å². The molecule has 0 fully saturated rings. The van der Waals surface area contributed by atoms with Crippen LogP contribution in [-0.2, 0) is 0 Å². The van der Waals surface area contributed by atoms with Gasteiger partial charge >= 0.3 is 0 Å². The molecule has 16 heavy (non-hydrogen) atoms. The summed E-state index contributed by atoms with van der Waals surface area (Å²) in [7, 11) is 0. The number of hydrogen-bond acceptors (Lipinski definition) is 3. The normalized spacial score (nSPS) is 15.8. The Hall–Kier alpha value is -0.490. The summed E-state index contributed by atoms with van der Waals surface area (Å²) >= 11 is 5.83. The van der Waals surface area contributed by atoms with E-state index in [1.807, 2.05) is 24.3 Å². The molecule has 1 aromatic rings. The van der Waals surface area contributed by atoms with Crippen LogP contribution in [0, 0.1) is 0 Å². The average molecular weight is 352 g/mol. The van der Waals surface area contributed by atoms with Gasteiger partial charge in [-0.1, -0.05) is 23.7 Å². The van der Waals surface area contributed by atoms with Crippen molar-refractivity contribution in [1.82, 2.24) is 10.6 Å². The molecule has 2 N–H and O–H groups in total. The molecule has 0 saturated heterocycles. The Morgan fingerprint density at radius 1 is 1.38 bits per heavy atom. The second-order valence-electron chi connectivity index (χ2n) is 3.57. The zero-order valence-electron chi connectivity index (χ0n) is 9.03. The van der Waals surface area contributed by atoms with E-state index in [1.165, 1.54) is 5.56 Å². The highest BCUT2D eigenvalue weighted by molar-refractivity contribution is 14.0. The molecule has 0 amide bonds. The van der Waals surface area contributed by atoms with E-state index in [9.17, 15) is 0 Å². The SMILES string of the molecule is C[C@@H](NC1=NCCN1)c1ccc(Cl)cc1.I. The van der Waals surface area contributed by atoms with Gasteiger partial charge in [0, 0.05) is 11.6 Å². The second-order valence-corrected chi connectivity index (χ2v) is 4.01. The summed E-state index contributed by atoms with van der Waals surface area (Å²) < 4.78 is 0. The molecule has 5 heteroatoms. The minimum atomic E-state index is 0. The van der Waals surface area contributed by atoms with Gasteiger partial charge in [0.05, 0.1) is 12.6 Å². The zero-order valence-corrected chi connectivity index (χ0v) is 12.1. The van der Waals surface area contributed by atoms with E-state index in [-0.39, 0.29) is 30.0 Å². The van der Waals surface area contributed by atoms with Crippen molar-refractivity contribution in [3.05, 3.63) is 34.9 Å². The van der Waals surface area contributed by atoms with Crippen LogP contribution in [0.1, 0.15) is 18.5 Å². The highest BCUT2D eigenvalue weighted by atomic mass is 127. The fraction of sp³-hybridized carbons (Fsp3) is 0.364. The van der Waals surface area contributed by atoms with E-state index in [0.717, 1.165) is 24.1 Å². The lowest BCUT2D eigenvalue weighted by Gasteiger charge is -2.15. The maximum Gasteiger partial charge on any atom is 0.191 e. The molecule has 1 aromatic carbocycles. The number of nitrogens with zero attached hydrogens (tertiary/aromatic N) is 1. The molecule has 1 aliphatic rings. The van der Waals surface area contributed by atoms with Crippen molar-refractivity contribution in [2.75, 3.05) is 13.1 Å². The summed E-state index contributed by atoms with van der Waals surface area (Å²) in [6.45, 7) is 3.89. The Morgan fingerprint density at radius 2 is 2.06 bits per heavy atom. The van der Waals surface area contributed by atoms with E-state index < -0.39 is 0 Å². The van der Waals surface area contributed by atoms with Gasteiger partial charge in [0.2, 0.25) is 0 Å².